The highest BCUT2D eigenvalue weighted by Crippen LogP contribution is 2.43. The molecule has 0 bridgehead atoms. The van der Waals surface area contributed by atoms with Gasteiger partial charge in [-0.1, -0.05) is 13.8 Å². The van der Waals surface area contributed by atoms with Gasteiger partial charge in [0.05, 0.1) is 12.7 Å². The highest BCUT2D eigenvalue weighted by atomic mass is 16.5. The normalized spacial score (nSPS) is 13.1. The van der Waals surface area contributed by atoms with E-state index in [4.69, 9.17) is 10.5 Å². The van der Waals surface area contributed by atoms with E-state index in [2.05, 4.69) is 29.4 Å². The summed E-state index contributed by atoms with van der Waals surface area (Å²) in [7, 11) is 1.58. The van der Waals surface area contributed by atoms with Gasteiger partial charge in [-0.05, 0) is 54.7 Å². The lowest BCUT2D eigenvalue weighted by atomic mass is 9.90. The number of fused-ring (bicyclic) bond motifs is 1. The lowest BCUT2D eigenvalue weighted by Crippen LogP contribution is -2.18. The molecule has 0 atom stereocenters. The largest absolute Gasteiger partial charge is 0.507 e. The van der Waals surface area contributed by atoms with Crippen LogP contribution in [0.1, 0.15) is 47.9 Å². The number of amides is 1. The second kappa shape index (κ2) is 7.70. The van der Waals surface area contributed by atoms with Crippen LogP contribution in [-0.4, -0.2) is 39.4 Å². The molecule has 1 aliphatic rings. The Balaban J connectivity index is 1.97. The third-order valence-corrected chi connectivity index (χ3v) is 5.41. The third-order valence-electron chi connectivity index (χ3n) is 5.41. The average molecular weight is 407 g/mol. The van der Waals surface area contributed by atoms with Gasteiger partial charge in [-0.3, -0.25) is 9.36 Å². The maximum atomic E-state index is 12.1. The van der Waals surface area contributed by atoms with Crippen molar-refractivity contribution < 1.29 is 14.6 Å². The molecule has 0 saturated carbocycles. The molecule has 0 fully saturated rings. The van der Waals surface area contributed by atoms with E-state index in [-0.39, 0.29) is 17.5 Å². The number of hydrogen-bond acceptors (Lipinski definition) is 6. The predicted octanol–water partition coefficient (Wildman–Crippen LogP) is 3.23. The van der Waals surface area contributed by atoms with Gasteiger partial charge < -0.3 is 20.9 Å². The van der Waals surface area contributed by atoms with E-state index < -0.39 is 5.91 Å². The molecular formula is C22H25N5O3. The van der Waals surface area contributed by atoms with Gasteiger partial charge in [0.25, 0.3) is 5.91 Å². The fourth-order valence-corrected chi connectivity index (χ4v) is 3.90. The number of anilines is 1. The van der Waals surface area contributed by atoms with Crippen LogP contribution in [0.3, 0.4) is 0 Å². The number of phenolic OH excluding ortho intramolecular Hbond substituents is 1. The summed E-state index contributed by atoms with van der Waals surface area (Å²) in [4.78, 5) is 12.1. The molecule has 3 aromatic rings. The van der Waals surface area contributed by atoms with Gasteiger partial charge in [0.1, 0.15) is 11.5 Å². The SMILES string of the molecule is COc1ccc(-n2c(C(N)=O)nnc2-c2cc(C(C)C)c3c(c2O)CCCN3)cc1. The Morgan fingerprint density at radius 1 is 1.27 bits per heavy atom. The second-order valence-corrected chi connectivity index (χ2v) is 7.65. The van der Waals surface area contributed by atoms with Crippen LogP contribution in [0.15, 0.2) is 30.3 Å². The van der Waals surface area contributed by atoms with Crippen LogP contribution in [0.25, 0.3) is 17.1 Å². The van der Waals surface area contributed by atoms with E-state index in [0.29, 0.717) is 22.8 Å². The van der Waals surface area contributed by atoms with Crippen LogP contribution < -0.4 is 15.8 Å². The standard InChI is InChI=1S/C22H25N5O3/c1-12(2)16-11-17(19(28)15-5-4-10-24-18(15)16)21-25-26-22(20(23)29)27(21)13-6-8-14(30-3)9-7-13/h6-9,11-12,24,28H,4-5,10H2,1-3H3,(H2,23,29). The number of hydrogen-bond donors (Lipinski definition) is 3. The van der Waals surface area contributed by atoms with E-state index in [1.807, 2.05) is 6.07 Å². The van der Waals surface area contributed by atoms with E-state index in [0.717, 1.165) is 36.2 Å². The number of benzene rings is 2. The Morgan fingerprint density at radius 2 is 2.00 bits per heavy atom. The number of rotatable bonds is 5. The van der Waals surface area contributed by atoms with Crippen molar-refractivity contribution in [2.75, 3.05) is 19.0 Å². The third kappa shape index (κ3) is 3.24. The molecule has 2 heterocycles. The molecule has 30 heavy (non-hydrogen) atoms. The molecule has 0 saturated heterocycles. The van der Waals surface area contributed by atoms with Gasteiger partial charge in [0, 0.05) is 23.5 Å². The summed E-state index contributed by atoms with van der Waals surface area (Å²) in [6.07, 6.45) is 1.69. The number of carbonyl (C=O) groups is 1. The Labute approximate surface area is 174 Å². The minimum atomic E-state index is -0.701. The van der Waals surface area contributed by atoms with Crippen molar-refractivity contribution in [3.8, 4) is 28.6 Å². The first kappa shape index (κ1) is 19.8. The first-order valence-corrected chi connectivity index (χ1v) is 9.95. The minimum absolute atomic E-state index is 0.00323. The number of carbonyl (C=O) groups excluding carboxylic acids is 1. The van der Waals surface area contributed by atoms with Crippen LogP contribution in [0.5, 0.6) is 11.5 Å². The summed E-state index contributed by atoms with van der Waals surface area (Å²) >= 11 is 0. The molecule has 8 heteroatoms. The predicted molar refractivity (Wildman–Crippen MR) is 114 cm³/mol. The van der Waals surface area contributed by atoms with Crippen LogP contribution in [0.2, 0.25) is 0 Å². The fraction of sp³-hybridized carbons (Fsp3) is 0.318. The molecule has 156 valence electrons. The fourth-order valence-electron chi connectivity index (χ4n) is 3.90. The number of ether oxygens (including phenoxy) is 1. The van der Waals surface area contributed by atoms with Crippen molar-refractivity contribution >= 4 is 11.6 Å². The molecule has 0 aliphatic carbocycles. The summed E-state index contributed by atoms with van der Waals surface area (Å²) in [5, 5.41) is 22.8. The Bertz CT molecular complexity index is 1100. The molecule has 0 unspecified atom stereocenters. The minimum Gasteiger partial charge on any atom is -0.507 e. The lowest BCUT2D eigenvalue weighted by Gasteiger charge is -2.25. The van der Waals surface area contributed by atoms with Gasteiger partial charge >= 0.3 is 0 Å². The Hall–Kier alpha value is -3.55. The highest BCUT2D eigenvalue weighted by Gasteiger charge is 2.27. The number of aromatic nitrogens is 3. The van der Waals surface area contributed by atoms with E-state index in [1.54, 1.807) is 35.9 Å². The van der Waals surface area contributed by atoms with Gasteiger partial charge in [-0.25, -0.2) is 0 Å². The number of aromatic hydroxyl groups is 1. The maximum Gasteiger partial charge on any atom is 0.287 e. The molecule has 1 aliphatic heterocycles. The molecule has 0 radical (unpaired) electrons. The van der Waals surface area contributed by atoms with Gasteiger partial charge in [0.2, 0.25) is 5.82 Å². The topological polar surface area (TPSA) is 115 Å². The molecule has 2 aromatic carbocycles. The first-order valence-electron chi connectivity index (χ1n) is 9.95. The molecule has 8 nitrogen and oxygen atoms in total. The zero-order chi connectivity index (χ0) is 21.4. The van der Waals surface area contributed by atoms with Crippen LogP contribution in [0, 0.1) is 0 Å². The smallest absolute Gasteiger partial charge is 0.287 e. The van der Waals surface area contributed by atoms with Gasteiger partial charge in [-0.2, -0.15) is 0 Å². The molecule has 1 aromatic heterocycles. The zero-order valence-corrected chi connectivity index (χ0v) is 17.3. The average Bonchev–Trinajstić information content (AvgIpc) is 3.19. The van der Waals surface area contributed by atoms with Crippen LogP contribution in [-0.2, 0) is 6.42 Å². The van der Waals surface area contributed by atoms with Crippen molar-refractivity contribution in [2.24, 2.45) is 5.73 Å². The number of phenols is 1. The van der Waals surface area contributed by atoms with E-state index in [9.17, 15) is 9.90 Å². The second-order valence-electron chi connectivity index (χ2n) is 7.65. The molecular weight excluding hydrogens is 382 g/mol. The van der Waals surface area contributed by atoms with Crippen molar-refractivity contribution in [3.05, 3.63) is 47.3 Å². The number of nitrogens with one attached hydrogen (secondary N) is 1. The van der Waals surface area contributed by atoms with Crippen LogP contribution in [0.4, 0.5) is 5.69 Å². The first-order chi connectivity index (χ1) is 14.4. The highest BCUT2D eigenvalue weighted by molar-refractivity contribution is 5.91. The number of nitrogens with two attached hydrogens (primary N) is 1. The van der Waals surface area contributed by atoms with Gasteiger partial charge in [-0.15, -0.1) is 10.2 Å². The van der Waals surface area contributed by atoms with Gasteiger partial charge in [0.15, 0.2) is 5.82 Å². The van der Waals surface area contributed by atoms with E-state index in [1.165, 1.54) is 0 Å². The molecule has 0 spiro atoms. The van der Waals surface area contributed by atoms with Crippen molar-refractivity contribution in [1.29, 1.82) is 0 Å². The molecule has 4 N–H and O–H groups in total. The van der Waals surface area contributed by atoms with Crippen molar-refractivity contribution in [2.45, 2.75) is 32.6 Å². The van der Waals surface area contributed by atoms with Crippen molar-refractivity contribution in [1.82, 2.24) is 14.8 Å². The molecule has 4 rings (SSSR count). The summed E-state index contributed by atoms with van der Waals surface area (Å²) in [6, 6.07) is 9.06. The Morgan fingerprint density at radius 3 is 2.63 bits per heavy atom. The monoisotopic (exact) mass is 407 g/mol. The maximum absolute atomic E-state index is 12.1. The molecule has 1 amide bonds. The van der Waals surface area contributed by atoms with Crippen molar-refractivity contribution in [3.63, 3.8) is 0 Å². The number of nitrogens with zero attached hydrogens (tertiary/aromatic N) is 3. The number of primary amides is 1. The van der Waals surface area contributed by atoms with Crippen LogP contribution >= 0.6 is 0 Å². The van der Waals surface area contributed by atoms with E-state index >= 15 is 0 Å². The zero-order valence-electron chi connectivity index (χ0n) is 17.3. The lowest BCUT2D eigenvalue weighted by molar-refractivity contribution is 0.0988. The Kier molecular flexibility index (Phi) is 5.07. The summed E-state index contributed by atoms with van der Waals surface area (Å²) < 4.78 is 6.80. The summed E-state index contributed by atoms with van der Waals surface area (Å²) in [6.45, 7) is 5.09. The summed E-state index contributed by atoms with van der Waals surface area (Å²) in [5.41, 5.74) is 9.68. The summed E-state index contributed by atoms with van der Waals surface area (Å²) in [5.74, 6) is 0.723. The number of methoxy groups -OCH3 is 1. The quantitative estimate of drug-likeness (QED) is 0.598.